The van der Waals surface area contributed by atoms with Gasteiger partial charge in [0.2, 0.25) is 0 Å². The molecular weight excluding hydrogens is 316 g/mol. The lowest BCUT2D eigenvalue weighted by atomic mass is 10.1. The maximum absolute atomic E-state index is 12.3. The number of rotatable bonds is 4. The third-order valence-corrected chi connectivity index (χ3v) is 3.54. The first-order chi connectivity index (χ1) is 12.2. The number of benzene rings is 2. The van der Waals surface area contributed by atoms with Crippen molar-refractivity contribution in [2.45, 2.75) is 6.54 Å². The fourth-order valence-electron chi connectivity index (χ4n) is 2.31. The molecule has 0 spiro atoms. The molecular formula is C19H14N4O2. The van der Waals surface area contributed by atoms with Crippen molar-refractivity contribution in [2.75, 3.05) is 0 Å². The van der Waals surface area contributed by atoms with Crippen molar-refractivity contribution in [1.29, 1.82) is 5.26 Å². The number of nitrogens with zero attached hydrogens (tertiary/aromatic N) is 3. The Labute approximate surface area is 144 Å². The summed E-state index contributed by atoms with van der Waals surface area (Å²) in [4.78, 5) is 24.3. The molecule has 2 aromatic carbocycles. The highest BCUT2D eigenvalue weighted by Crippen LogP contribution is 2.05. The smallest absolute Gasteiger partial charge is 0.272 e. The van der Waals surface area contributed by atoms with Crippen LogP contribution in [0.5, 0.6) is 0 Å². The second kappa shape index (κ2) is 7.23. The molecule has 0 aliphatic carbocycles. The SMILES string of the molecule is N#Cc1cccc(CNC(=O)c2ccc(=O)n(-c3ccccc3)n2)c1. The van der Waals surface area contributed by atoms with Gasteiger partial charge in [0, 0.05) is 12.6 Å². The Bertz CT molecular complexity index is 1000. The van der Waals surface area contributed by atoms with Gasteiger partial charge in [-0.15, -0.1) is 0 Å². The third kappa shape index (κ3) is 3.79. The summed E-state index contributed by atoms with van der Waals surface area (Å²) in [6.07, 6.45) is 0. The van der Waals surface area contributed by atoms with Crippen LogP contribution in [0, 0.1) is 11.3 Å². The molecule has 6 heteroatoms. The van der Waals surface area contributed by atoms with E-state index < -0.39 is 5.91 Å². The van der Waals surface area contributed by atoms with Gasteiger partial charge in [-0.3, -0.25) is 9.59 Å². The molecule has 0 fully saturated rings. The third-order valence-electron chi connectivity index (χ3n) is 3.54. The van der Waals surface area contributed by atoms with E-state index in [0.717, 1.165) is 5.56 Å². The highest BCUT2D eigenvalue weighted by Gasteiger charge is 2.10. The summed E-state index contributed by atoms with van der Waals surface area (Å²) in [6.45, 7) is 0.264. The zero-order valence-corrected chi connectivity index (χ0v) is 13.2. The standard InChI is InChI=1S/C19H14N4O2/c20-12-14-5-4-6-15(11-14)13-21-19(25)17-9-10-18(24)23(22-17)16-7-2-1-3-8-16/h1-11H,13H2,(H,21,25). The number of nitriles is 1. The van der Waals surface area contributed by atoms with Gasteiger partial charge in [-0.05, 0) is 35.9 Å². The molecule has 0 radical (unpaired) electrons. The Morgan fingerprint density at radius 2 is 1.88 bits per heavy atom. The van der Waals surface area contributed by atoms with Crippen LogP contribution in [0.15, 0.2) is 71.5 Å². The van der Waals surface area contributed by atoms with Gasteiger partial charge >= 0.3 is 0 Å². The number of carbonyl (C=O) groups excluding carboxylic acids is 1. The fourth-order valence-corrected chi connectivity index (χ4v) is 2.31. The molecule has 1 heterocycles. The topological polar surface area (TPSA) is 87.8 Å². The Kier molecular flexibility index (Phi) is 4.67. The minimum absolute atomic E-state index is 0.139. The summed E-state index contributed by atoms with van der Waals surface area (Å²) in [5.74, 6) is -0.396. The van der Waals surface area contributed by atoms with Crippen LogP contribution in [0.1, 0.15) is 21.6 Å². The molecule has 3 rings (SSSR count). The van der Waals surface area contributed by atoms with Gasteiger partial charge < -0.3 is 5.32 Å². The molecule has 0 unspecified atom stereocenters. The van der Waals surface area contributed by atoms with Crippen molar-refractivity contribution in [3.8, 4) is 11.8 Å². The first kappa shape index (κ1) is 16.1. The molecule has 1 N–H and O–H groups in total. The molecule has 6 nitrogen and oxygen atoms in total. The molecule has 0 saturated carbocycles. The number of amides is 1. The fraction of sp³-hybridized carbons (Fsp3) is 0.0526. The van der Waals surface area contributed by atoms with Crippen LogP contribution in [0.4, 0.5) is 0 Å². The van der Waals surface area contributed by atoms with Gasteiger partial charge in [0.1, 0.15) is 5.69 Å². The Hall–Kier alpha value is -3.72. The number of carbonyl (C=O) groups is 1. The molecule has 3 aromatic rings. The molecule has 0 saturated heterocycles. The zero-order chi connectivity index (χ0) is 17.6. The number of nitrogens with one attached hydrogen (secondary N) is 1. The summed E-state index contributed by atoms with van der Waals surface area (Å²) < 4.78 is 1.19. The molecule has 0 bridgehead atoms. The Morgan fingerprint density at radius 3 is 2.64 bits per heavy atom. The van der Waals surface area contributed by atoms with Gasteiger partial charge in [-0.1, -0.05) is 30.3 Å². The molecule has 0 aliphatic heterocycles. The summed E-state index contributed by atoms with van der Waals surface area (Å²) in [5, 5.41) is 15.8. The molecule has 25 heavy (non-hydrogen) atoms. The second-order valence-electron chi connectivity index (χ2n) is 5.30. The van der Waals surface area contributed by atoms with E-state index in [1.54, 1.807) is 42.5 Å². The van der Waals surface area contributed by atoms with Gasteiger partial charge in [0.25, 0.3) is 11.5 Å². The maximum Gasteiger partial charge on any atom is 0.272 e. The van der Waals surface area contributed by atoms with E-state index in [2.05, 4.69) is 16.5 Å². The van der Waals surface area contributed by atoms with Crippen LogP contribution in [0.2, 0.25) is 0 Å². The molecule has 0 atom stereocenters. The van der Waals surface area contributed by atoms with E-state index in [0.29, 0.717) is 11.3 Å². The lowest BCUT2D eigenvalue weighted by Crippen LogP contribution is -2.28. The van der Waals surface area contributed by atoms with Crippen molar-refractivity contribution >= 4 is 5.91 Å². The summed E-state index contributed by atoms with van der Waals surface area (Å²) in [7, 11) is 0. The van der Waals surface area contributed by atoms with Gasteiger partial charge in [0.05, 0.1) is 17.3 Å². The van der Waals surface area contributed by atoms with Crippen molar-refractivity contribution in [3.63, 3.8) is 0 Å². The van der Waals surface area contributed by atoms with E-state index >= 15 is 0 Å². The first-order valence-electron chi connectivity index (χ1n) is 7.60. The largest absolute Gasteiger partial charge is 0.347 e. The van der Waals surface area contributed by atoms with E-state index in [-0.39, 0.29) is 17.8 Å². The maximum atomic E-state index is 12.3. The summed E-state index contributed by atoms with van der Waals surface area (Å²) in [5.41, 5.74) is 1.75. The lowest BCUT2D eigenvalue weighted by molar-refractivity contribution is 0.0944. The van der Waals surface area contributed by atoms with Gasteiger partial charge in [0.15, 0.2) is 0 Å². The molecule has 1 aromatic heterocycles. The Balaban J connectivity index is 1.79. The Morgan fingerprint density at radius 1 is 1.08 bits per heavy atom. The van der Waals surface area contributed by atoms with Crippen LogP contribution in [0.25, 0.3) is 5.69 Å². The number of aromatic nitrogens is 2. The average Bonchev–Trinajstić information content (AvgIpc) is 2.67. The summed E-state index contributed by atoms with van der Waals surface area (Å²) in [6, 6.07) is 20.6. The first-order valence-corrected chi connectivity index (χ1v) is 7.60. The molecule has 122 valence electrons. The predicted octanol–water partition coefficient (Wildman–Crippen LogP) is 2.03. The van der Waals surface area contributed by atoms with Crippen LogP contribution < -0.4 is 10.9 Å². The quantitative estimate of drug-likeness (QED) is 0.793. The molecule has 0 aliphatic rings. The van der Waals surface area contributed by atoms with Crippen LogP contribution in [-0.2, 0) is 6.54 Å². The zero-order valence-electron chi connectivity index (χ0n) is 13.2. The van der Waals surface area contributed by atoms with Gasteiger partial charge in [-0.2, -0.15) is 15.0 Å². The number of para-hydroxylation sites is 1. The van der Waals surface area contributed by atoms with E-state index in [9.17, 15) is 9.59 Å². The highest BCUT2D eigenvalue weighted by molar-refractivity contribution is 5.92. The van der Waals surface area contributed by atoms with Crippen molar-refractivity contribution in [1.82, 2.24) is 15.1 Å². The van der Waals surface area contributed by atoms with E-state index in [4.69, 9.17) is 5.26 Å². The highest BCUT2D eigenvalue weighted by atomic mass is 16.2. The van der Waals surface area contributed by atoms with E-state index in [1.807, 2.05) is 12.1 Å². The number of hydrogen-bond acceptors (Lipinski definition) is 4. The molecule has 1 amide bonds. The monoisotopic (exact) mass is 330 g/mol. The summed E-state index contributed by atoms with van der Waals surface area (Å²) >= 11 is 0. The minimum Gasteiger partial charge on any atom is -0.347 e. The van der Waals surface area contributed by atoms with Crippen molar-refractivity contribution < 1.29 is 4.79 Å². The van der Waals surface area contributed by atoms with Crippen molar-refractivity contribution in [3.05, 3.63) is 93.9 Å². The van der Waals surface area contributed by atoms with Crippen LogP contribution in [-0.4, -0.2) is 15.7 Å². The number of hydrogen-bond donors (Lipinski definition) is 1. The van der Waals surface area contributed by atoms with Gasteiger partial charge in [-0.25, -0.2) is 0 Å². The second-order valence-corrected chi connectivity index (χ2v) is 5.30. The predicted molar refractivity (Wildman–Crippen MR) is 92.2 cm³/mol. The van der Waals surface area contributed by atoms with Crippen LogP contribution >= 0.6 is 0 Å². The normalized spacial score (nSPS) is 10.0. The lowest BCUT2D eigenvalue weighted by Gasteiger charge is -2.08. The van der Waals surface area contributed by atoms with Crippen LogP contribution in [0.3, 0.4) is 0 Å². The van der Waals surface area contributed by atoms with E-state index in [1.165, 1.54) is 16.8 Å². The average molecular weight is 330 g/mol. The van der Waals surface area contributed by atoms with Crippen molar-refractivity contribution in [2.24, 2.45) is 0 Å². The minimum atomic E-state index is -0.396.